The van der Waals surface area contributed by atoms with E-state index in [2.05, 4.69) is 10.3 Å². The summed E-state index contributed by atoms with van der Waals surface area (Å²) in [6.07, 6.45) is 0.267. The van der Waals surface area contributed by atoms with Crippen molar-refractivity contribution in [3.63, 3.8) is 0 Å². The van der Waals surface area contributed by atoms with Gasteiger partial charge in [-0.05, 0) is 22.9 Å². The Bertz CT molecular complexity index is 782. The maximum Gasteiger partial charge on any atom is 0.230 e. The van der Waals surface area contributed by atoms with Crippen LogP contribution < -0.4 is 11.1 Å². The summed E-state index contributed by atoms with van der Waals surface area (Å²) < 4.78 is 0. The molecule has 0 spiro atoms. The van der Waals surface area contributed by atoms with E-state index in [1.54, 1.807) is 0 Å². The molecule has 0 aliphatic rings. The van der Waals surface area contributed by atoms with E-state index in [9.17, 15) is 4.79 Å². The van der Waals surface area contributed by atoms with Gasteiger partial charge in [0.2, 0.25) is 5.91 Å². The predicted molar refractivity (Wildman–Crippen MR) is 86.3 cm³/mol. The maximum atomic E-state index is 12.0. The molecule has 3 N–H and O–H groups in total. The number of hydrogen-bond acceptors (Lipinski definition) is 4. The predicted octanol–water partition coefficient (Wildman–Crippen LogP) is 2.94. The number of hydrogen-bond donors (Lipinski definition) is 2. The van der Waals surface area contributed by atoms with Crippen LogP contribution in [0.5, 0.6) is 0 Å². The lowest BCUT2D eigenvalue weighted by atomic mass is 10.1. The van der Waals surface area contributed by atoms with E-state index in [1.165, 1.54) is 11.3 Å². The van der Waals surface area contributed by atoms with Gasteiger partial charge in [0, 0.05) is 17.6 Å². The molecule has 0 fully saturated rings. The summed E-state index contributed by atoms with van der Waals surface area (Å²) >= 11 is 1.48. The van der Waals surface area contributed by atoms with Crippen LogP contribution in [0.3, 0.4) is 0 Å². The van der Waals surface area contributed by atoms with E-state index in [0.29, 0.717) is 6.54 Å². The van der Waals surface area contributed by atoms with Crippen LogP contribution in [-0.2, 0) is 17.8 Å². The van der Waals surface area contributed by atoms with Gasteiger partial charge in [0.15, 0.2) is 0 Å². The first-order valence-electron chi connectivity index (χ1n) is 6.66. The molecule has 0 aliphatic carbocycles. The lowest BCUT2D eigenvalue weighted by Gasteiger charge is -2.05. The highest BCUT2D eigenvalue weighted by molar-refractivity contribution is 7.09. The zero-order valence-corrected chi connectivity index (χ0v) is 12.2. The number of amides is 1. The Morgan fingerprint density at radius 2 is 2.00 bits per heavy atom. The van der Waals surface area contributed by atoms with E-state index in [-0.39, 0.29) is 12.3 Å². The van der Waals surface area contributed by atoms with Gasteiger partial charge in [0.1, 0.15) is 5.01 Å². The van der Waals surface area contributed by atoms with Crippen molar-refractivity contribution in [2.45, 2.75) is 13.0 Å². The maximum absolute atomic E-state index is 12.0. The number of benzene rings is 2. The molecule has 5 heteroatoms. The third-order valence-corrected chi connectivity index (χ3v) is 4.07. The third kappa shape index (κ3) is 3.26. The van der Waals surface area contributed by atoms with Gasteiger partial charge in [-0.3, -0.25) is 4.79 Å². The Kier molecular flexibility index (Phi) is 3.94. The summed E-state index contributed by atoms with van der Waals surface area (Å²) in [4.78, 5) is 16.3. The van der Waals surface area contributed by atoms with Gasteiger partial charge in [-0.1, -0.05) is 30.3 Å². The van der Waals surface area contributed by atoms with E-state index < -0.39 is 0 Å². The topological polar surface area (TPSA) is 68.0 Å². The smallest absolute Gasteiger partial charge is 0.230 e. The van der Waals surface area contributed by atoms with Crippen molar-refractivity contribution in [2.24, 2.45) is 5.73 Å². The highest BCUT2D eigenvalue weighted by atomic mass is 32.1. The Morgan fingerprint density at radius 1 is 1.19 bits per heavy atom. The molecule has 0 unspecified atom stereocenters. The fraction of sp³-hybridized carbons (Fsp3) is 0.125. The molecule has 3 aromatic rings. The Labute approximate surface area is 126 Å². The minimum atomic E-state index is -0.0702. The molecule has 3 rings (SSSR count). The first kappa shape index (κ1) is 13.7. The first-order chi connectivity index (χ1) is 10.2. The molecule has 21 heavy (non-hydrogen) atoms. The molecule has 1 heterocycles. The SMILES string of the molecule is NCc1nc(CC(=O)Nc2ccc3ccccc3c2)cs1. The number of aromatic nitrogens is 1. The number of rotatable bonds is 4. The molecule has 0 atom stereocenters. The summed E-state index contributed by atoms with van der Waals surface area (Å²) in [7, 11) is 0. The zero-order chi connectivity index (χ0) is 14.7. The summed E-state index contributed by atoms with van der Waals surface area (Å²) in [6, 6.07) is 13.9. The van der Waals surface area contributed by atoms with Crippen LogP contribution in [0.15, 0.2) is 47.8 Å². The van der Waals surface area contributed by atoms with Gasteiger partial charge >= 0.3 is 0 Å². The fourth-order valence-corrected chi connectivity index (χ4v) is 2.83. The summed E-state index contributed by atoms with van der Waals surface area (Å²) in [5.41, 5.74) is 7.08. The molecule has 0 aliphatic heterocycles. The summed E-state index contributed by atoms with van der Waals surface area (Å²) in [5, 5.41) is 7.89. The lowest BCUT2D eigenvalue weighted by Crippen LogP contribution is -2.14. The molecule has 0 saturated carbocycles. The van der Waals surface area contributed by atoms with Gasteiger partial charge in [-0.25, -0.2) is 4.98 Å². The number of fused-ring (bicyclic) bond motifs is 1. The second-order valence-electron chi connectivity index (χ2n) is 4.72. The second kappa shape index (κ2) is 6.03. The zero-order valence-electron chi connectivity index (χ0n) is 11.4. The number of nitrogens with zero attached hydrogens (tertiary/aromatic N) is 1. The number of carbonyl (C=O) groups is 1. The minimum Gasteiger partial charge on any atom is -0.326 e. The van der Waals surface area contributed by atoms with Crippen molar-refractivity contribution in [1.29, 1.82) is 0 Å². The standard InChI is InChI=1S/C16H15N3OS/c17-9-16-19-14(10-21-16)8-15(20)18-13-6-5-11-3-1-2-4-12(11)7-13/h1-7,10H,8-9,17H2,(H,18,20). The molecule has 4 nitrogen and oxygen atoms in total. The van der Waals surface area contributed by atoms with Crippen molar-refractivity contribution in [3.8, 4) is 0 Å². The fourth-order valence-electron chi connectivity index (χ4n) is 2.16. The molecular weight excluding hydrogens is 282 g/mol. The quantitative estimate of drug-likeness (QED) is 0.778. The van der Waals surface area contributed by atoms with Gasteiger partial charge in [-0.15, -0.1) is 11.3 Å². The lowest BCUT2D eigenvalue weighted by molar-refractivity contribution is -0.115. The van der Waals surface area contributed by atoms with Gasteiger partial charge in [0.25, 0.3) is 0 Å². The van der Waals surface area contributed by atoms with Crippen LogP contribution >= 0.6 is 11.3 Å². The average molecular weight is 297 g/mol. The van der Waals surface area contributed by atoms with Crippen LogP contribution in [0, 0.1) is 0 Å². The van der Waals surface area contributed by atoms with Crippen LogP contribution in [0.1, 0.15) is 10.7 Å². The Hall–Kier alpha value is -2.24. The van der Waals surface area contributed by atoms with E-state index in [0.717, 1.165) is 27.2 Å². The molecule has 1 aromatic heterocycles. The van der Waals surface area contributed by atoms with Gasteiger partial charge < -0.3 is 11.1 Å². The largest absolute Gasteiger partial charge is 0.326 e. The minimum absolute atomic E-state index is 0.0702. The monoisotopic (exact) mass is 297 g/mol. The molecule has 0 bridgehead atoms. The number of carbonyl (C=O) groups excluding carboxylic acids is 1. The molecule has 2 aromatic carbocycles. The Balaban J connectivity index is 1.70. The average Bonchev–Trinajstić information content (AvgIpc) is 2.94. The highest BCUT2D eigenvalue weighted by Crippen LogP contribution is 2.19. The van der Waals surface area contributed by atoms with Crippen LogP contribution in [-0.4, -0.2) is 10.9 Å². The first-order valence-corrected chi connectivity index (χ1v) is 7.54. The van der Waals surface area contributed by atoms with Crippen LogP contribution in [0.4, 0.5) is 5.69 Å². The molecule has 1 amide bonds. The second-order valence-corrected chi connectivity index (χ2v) is 5.67. The molecule has 106 valence electrons. The number of nitrogens with one attached hydrogen (secondary N) is 1. The molecular formula is C16H15N3OS. The molecule has 0 saturated heterocycles. The van der Waals surface area contributed by atoms with Crippen molar-refractivity contribution in [3.05, 3.63) is 58.5 Å². The van der Waals surface area contributed by atoms with Crippen LogP contribution in [0.25, 0.3) is 10.8 Å². The van der Waals surface area contributed by atoms with Crippen LogP contribution in [0.2, 0.25) is 0 Å². The van der Waals surface area contributed by atoms with Gasteiger partial charge in [0.05, 0.1) is 12.1 Å². The van der Waals surface area contributed by atoms with Crippen molar-refractivity contribution >= 4 is 33.7 Å². The number of nitrogens with two attached hydrogens (primary N) is 1. The van der Waals surface area contributed by atoms with E-state index in [1.807, 2.05) is 47.8 Å². The highest BCUT2D eigenvalue weighted by Gasteiger charge is 2.08. The summed E-state index contributed by atoms with van der Waals surface area (Å²) in [5.74, 6) is -0.0702. The van der Waals surface area contributed by atoms with E-state index >= 15 is 0 Å². The third-order valence-electron chi connectivity index (χ3n) is 3.15. The van der Waals surface area contributed by atoms with E-state index in [4.69, 9.17) is 5.73 Å². The number of thiazole rings is 1. The normalized spacial score (nSPS) is 10.7. The number of anilines is 1. The van der Waals surface area contributed by atoms with Crippen molar-refractivity contribution in [2.75, 3.05) is 5.32 Å². The van der Waals surface area contributed by atoms with Crippen molar-refractivity contribution < 1.29 is 4.79 Å². The van der Waals surface area contributed by atoms with Gasteiger partial charge in [-0.2, -0.15) is 0 Å². The Morgan fingerprint density at radius 3 is 2.76 bits per heavy atom. The molecule has 0 radical (unpaired) electrons. The summed E-state index contributed by atoms with van der Waals surface area (Å²) in [6.45, 7) is 0.414. The van der Waals surface area contributed by atoms with Crippen molar-refractivity contribution in [1.82, 2.24) is 4.98 Å².